The highest BCUT2D eigenvalue weighted by atomic mass is 15.3. The van der Waals surface area contributed by atoms with Crippen LogP contribution in [-0.4, -0.2) is 40.4 Å². The number of anilines is 1. The van der Waals surface area contributed by atoms with Crippen molar-refractivity contribution in [2.75, 3.05) is 24.5 Å². The first kappa shape index (κ1) is 13.1. The highest BCUT2D eigenvalue weighted by molar-refractivity contribution is 5.38. The molecule has 1 saturated heterocycles. The Morgan fingerprint density at radius 3 is 2.75 bits per heavy atom. The van der Waals surface area contributed by atoms with E-state index in [1.54, 1.807) is 0 Å². The molecule has 20 heavy (non-hydrogen) atoms. The average Bonchev–Trinajstić information content (AvgIpc) is 3.02. The van der Waals surface area contributed by atoms with Gasteiger partial charge in [-0.1, -0.05) is 6.07 Å². The van der Waals surface area contributed by atoms with E-state index in [4.69, 9.17) is 0 Å². The van der Waals surface area contributed by atoms with Crippen molar-refractivity contribution < 1.29 is 0 Å². The van der Waals surface area contributed by atoms with Crippen molar-refractivity contribution in [2.24, 2.45) is 0 Å². The topological polar surface area (TPSA) is 46.0 Å². The zero-order valence-electron chi connectivity index (χ0n) is 11.7. The van der Waals surface area contributed by atoms with Crippen molar-refractivity contribution in [1.29, 1.82) is 0 Å². The zero-order chi connectivity index (χ0) is 13.6. The highest BCUT2D eigenvalue weighted by Crippen LogP contribution is 2.16. The second-order valence-electron chi connectivity index (χ2n) is 5.17. The minimum atomic E-state index is 0.616. The number of hydrogen-bond donors (Lipinski definition) is 1. The standard InChI is InChI=1S/C15H21N5/c1-2-7-17-15(4-1)19-11-5-14(6-12-19)16-9-13-20-10-3-8-18-20/h1-4,7-8,10,14,16H,5-6,9,11-13H2. The van der Waals surface area contributed by atoms with Gasteiger partial charge in [0.2, 0.25) is 0 Å². The van der Waals surface area contributed by atoms with E-state index in [1.165, 1.54) is 12.8 Å². The van der Waals surface area contributed by atoms with Crippen LogP contribution >= 0.6 is 0 Å². The Kier molecular flexibility index (Phi) is 4.28. The smallest absolute Gasteiger partial charge is 0.128 e. The SMILES string of the molecule is c1ccc(N2CCC(NCCn3cccn3)CC2)nc1. The number of hydrogen-bond acceptors (Lipinski definition) is 4. The molecule has 3 rings (SSSR count). The molecule has 5 nitrogen and oxygen atoms in total. The van der Waals surface area contributed by atoms with Gasteiger partial charge >= 0.3 is 0 Å². The van der Waals surface area contributed by atoms with Crippen molar-refractivity contribution >= 4 is 5.82 Å². The van der Waals surface area contributed by atoms with Gasteiger partial charge < -0.3 is 10.2 Å². The van der Waals surface area contributed by atoms with Crippen LogP contribution in [0.1, 0.15) is 12.8 Å². The van der Waals surface area contributed by atoms with Gasteiger partial charge in [0.25, 0.3) is 0 Å². The van der Waals surface area contributed by atoms with E-state index >= 15 is 0 Å². The number of nitrogens with zero attached hydrogens (tertiary/aromatic N) is 4. The maximum Gasteiger partial charge on any atom is 0.128 e. The molecule has 0 saturated carbocycles. The number of piperidine rings is 1. The molecule has 1 fully saturated rings. The number of rotatable bonds is 5. The van der Waals surface area contributed by atoms with Crippen LogP contribution < -0.4 is 10.2 Å². The third-order valence-electron chi connectivity index (χ3n) is 3.80. The molecule has 1 aliphatic heterocycles. The van der Waals surface area contributed by atoms with Crippen LogP contribution in [0.25, 0.3) is 0 Å². The fourth-order valence-corrected chi connectivity index (χ4v) is 2.67. The lowest BCUT2D eigenvalue weighted by Gasteiger charge is -2.33. The first-order chi connectivity index (χ1) is 9.92. The first-order valence-corrected chi connectivity index (χ1v) is 7.28. The predicted molar refractivity (Wildman–Crippen MR) is 79.7 cm³/mol. The molecule has 2 aromatic rings. The van der Waals surface area contributed by atoms with Gasteiger partial charge in [-0.3, -0.25) is 4.68 Å². The summed E-state index contributed by atoms with van der Waals surface area (Å²) in [5, 5.41) is 7.83. The minimum absolute atomic E-state index is 0.616. The van der Waals surface area contributed by atoms with Crippen LogP contribution in [0.2, 0.25) is 0 Å². The van der Waals surface area contributed by atoms with Crippen LogP contribution in [0.5, 0.6) is 0 Å². The van der Waals surface area contributed by atoms with E-state index in [0.717, 1.165) is 32.0 Å². The zero-order valence-corrected chi connectivity index (χ0v) is 11.7. The molecule has 1 aliphatic rings. The summed E-state index contributed by atoms with van der Waals surface area (Å²) in [6.45, 7) is 4.08. The predicted octanol–water partition coefficient (Wildman–Crippen LogP) is 1.54. The van der Waals surface area contributed by atoms with E-state index in [2.05, 4.69) is 32.4 Å². The van der Waals surface area contributed by atoms with Crippen LogP contribution in [0.15, 0.2) is 42.9 Å². The summed E-state index contributed by atoms with van der Waals surface area (Å²) >= 11 is 0. The average molecular weight is 271 g/mol. The van der Waals surface area contributed by atoms with E-state index in [1.807, 2.05) is 35.4 Å². The first-order valence-electron chi connectivity index (χ1n) is 7.28. The third kappa shape index (κ3) is 3.36. The van der Waals surface area contributed by atoms with E-state index in [-0.39, 0.29) is 0 Å². The lowest BCUT2D eigenvalue weighted by Crippen LogP contribution is -2.43. The maximum atomic E-state index is 4.42. The highest BCUT2D eigenvalue weighted by Gasteiger charge is 2.19. The van der Waals surface area contributed by atoms with Gasteiger partial charge in [0.1, 0.15) is 5.82 Å². The molecule has 0 bridgehead atoms. The minimum Gasteiger partial charge on any atom is -0.357 e. The molecule has 0 aromatic carbocycles. The summed E-state index contributed by atoms with van der Waals surface area (Å²) in [6.07, 6.45) is 8.05. The largest absolute Gasteiger partial charge is 0.357 e. The van der Waals surface area contributed by atoms with Crippen molar-refractivity contribution in [1.82, 2.24) is 20.1 Å². The number of aromatic nitrogens is 3. The van der Waals surface area contributed by atoms with Gasteiger partial charge in [0, 0.05) is 44.3 Å². The molecule has 0 radical (unpaired) electrons. The molecule has 2 aromatic heterocycles. The molecule has 0 unspecified atom stereocenters. The Balaban J connectivity index is 1.40. The third-order valence-corrected chi connectivity index (χ3v) is 3.80. The Morgan fingerprint density at radius 2 is 2.05 bits per heavy atom. The van der Waals surface area contributed by atoms with Crippen molar-refractivity contribution in [3.8, 4) is 0 Å². The fourth-order valence-electron chi connectivity index (χ4n) is 2.67. The van der Waals surface area contributed by atoms with Crippen molar-refractivity contribution in [3.63, 3.8) is 0 Å². The lowest BCUT2D eigenvalue weighted by molar-refractivity contribution is 0.400. The molecule has 0 atom stereocenters. The molecule has 3 heterocycles. The Bertz CT molecular complexity index is 488. The molecule has 0 amide bonds. The van der Waals surface area contributed by atoms with Crippen LogP contribution in [0.3, 0.4) is 0 Å². The van der Waals surface area contributed by atoms with E-state index in [0.29, 0.717) is 6.04 Å². The summed E-state index contributed by atoms with van der Waals surface area (Å²) < 4.78 is 1.97. The lowest BCUT2D eigenvalue weighted by atomic mass is 10.1. The summed E-state index contributed by atoms with van der Waals surface area (Å²) in [6, 6.07) is 8.69. The van der Waals surface area contributed by atoms with E-state index < -0.39 is 0 Å². The van der Waals surface area contributed by atoms with Crippen molar-refractivity contribution in [2.45, 2.75) is 25.4 Å². The maximum absolute atomic E-state index is 4.42. The molecule has 0 spiro atoms. The van der Waals surface area contributed by atoms with Crippen LogP contribution in [0, 0.1) is 0 Å². The van der Waals surface area contributed by atoms with Gasteiger partial charge in [-0.15, -0.1) is 0 Å². The molecular weight excluding hydrogens is 250 g/mol. The van der Waals surface area contributed by atoms with Gasteiger partial charge in [-0.25, -0.2) is 4.98 Å². The quantitative estimate of drug-likeness (QED) is 0.896. The van der Waals surface area contributed by atoms with Gasteiger partial charge in [-0.2, -0.15) is 5.10 Å². The Labute approximate surface area is 119 Å². The summed E-state index contributed by atoms with van der Waals surface area (Å²) in [5.74, 6) is 1.10. The van der Waals surface area contributed by atoms with Crippen LogP contribution in [-0.2, 0) is 6.54 Å². The number of pyridine rings is 1. The normalized spacial score (nSPS) is 16.5. The number of nitrogens with one attached hydrogen (secondary N) is 1. The Morgan fingerprint density at radius 1 is 1.15 bits per heavy atom. The second kappa shape index (κ2) is 6.52. The van der Waals surface area contributed by atoms with Gasteiger partial charge in [0.15, 0.2) is 0 Å². The van der Waals surface area contributed by atoms with Crippen molar-refractivity contribution in [3.05, 3.63) is 42.9 Å². The summed E-state index contributed by atoms with van der Waals surface area (Å²) in [5.41, 5.74) is 0. The Hall–Kier alpha value is -1.88. The fraction of sp³-hybridized carbons (Fsp3) is 0.467. The molecule has 1 N–H and O–H groups in total. The second-order valence-corrected chi connectivity index (χ2v) is 5.17. The molecular formula is C15H21N5. The van der Waals surface area contributed by atoms with Gasteiger partial charge in [-0.05, 0) is 31.0 Å². The van der Waals surface area contributed by atoms with E-state index in [9.17, 15) is 0 Å². The molecule has 106 valence electrons. The molecule has 5 heteroatoms. The van der Waals surface area contributed by atoms with Crippen LogP contribution in [0.4, 0.5) is 5.82 Å². The monoisotopic (exact) mass is 271 g/mol. The summed E-state index contributed by atoms with van der Waals surface area (Å²) in [7, 11) is 0. The molecule has 0 aliphatic carbocycles. The van der Waals surface area contributed by atoms with Gasteiger partial charge in [0.05, 0.1) is 6.54 Å². The summed E-state index contributed by atoms with van der Waals surface area (Å²) in [4.78, 5) is 6.78.